The van der Waals surface area contributed by atoms with E-state index >= 15 is 0 Å². The first kappa shape index (κ1) is 22.2. The molecule has 1 saturated carbocycles. The van der Waals surface area contributed by atoms with Crippen molar-refractivity contribution >= 4 is 22.0 Å². The molecule has 5 nitrogen and oxygen atoms in total. The number of piperazine rings is 1. The zero-order chi connectivity index (χ0) is 22.1. The molecule has 2 aromatic rings. The van der Waals surface area contributed by atoms with Crippen LogP contribution in [0, 0.1) is 0 Å². The number of ether oxygens (including phenoxy) is 2. The van der Waals surface area contributed by atoms with Crippen LogP contribution in [0.4, 0.5) is 4.79 Å². The number of benzene rings is 2. The molecular weight excluding hydrogens is 456 g/mol. The lowest BCUT2D eigenvalue weighted by atomic mass is 10.1. The standard InChI is InChI=1S/C25H31BrN2O3/c1-24(2,3)31-23(29)28-12-11-27(18-25(28)9-10-25)16-20-13-21(26)15-22(14-20)30-17-19-7-5-4-6-8-19/h4-8,13-15H,9-12,16-18H2,1-3H3. The smallest absolute Gasteiger partial charge is 0.410 e. The molecular formula is C25H31BrN2O3. The van der Waals surface area contributed by atoms with Crippen LogP contribution in [0.25, 0.3) is 0 Å². The Bertz CT molecular complexity index is 922. The van der Waals surface area contributed by atoms with Crippen molar-refractivity contribution in [2.75, 3.05) is 19.6 Å². The second kappa shape index (κ2) is 8.83. The molecule has 31 heavy (non-hydrogen) atoms. The minimum Gasteiger partial charge on any atom is -0.489 e. The average molecular weight is 487 g/mol. The largest absolute Gasteiger partial charge is 0.489 e. The highest BCUT2D eigenvalue weighted by Crippen LogP contribution is 2.45. The molecule has 2 fully saturated rings. The molecule has 4 rings (SSSR count). The Morgan fingerprint density at radius 3 is 2.48 bits per heavy atom. The summed E-state index contributed by atoms with van der Waals surface area (Å²) < 4.78 is 12.7. The Morgan fingerprint density at radius 2 is 1.81 bits per heavy atom. The molecule has 0 N–H and O–H groups in total. The first-order chi connectivity index (χ1) is 14.7. The van der Waals surface area contributed by atoms with Crippen molar-refractivity contribution in [2.45, 2.75) is 57.9 Å². The van der Waals surface area contributed by atoms with E-state index in [9.17, 15) is 4.79 Å². The molecule has 1 heterocycles. The first-order valence-electron chi connectivity index (χ1n) is 10.9. The van der Waals surface area contributed by atoms with Crippen LogP contribution in [0.3, 0.4) is 0 Å². The highest BCUT2D eigenvalue weighted by atomic mass is 79.9. The van der Waals surface area contributed by atoms with Crippen molar-refractivity contribution < 1.29 is 14.3 Å². The first-order valence-corrected chi connectivity index (χ1v) is 11.7. The second-order valence-electron chi connectivity index (χ2n) is 9.64. The SMILES string of the molecule is CC(C)(C)OC(=O)N1CCN(Cc2cc(Br)cc(OCc3ccccc3)c2)CC12CC2. The molecule has 2 aliphatic rings. The van der Waals surface area contributed by atoms with Crippen molar-refractivity contribution in [3.63, 3.8) is 0 Å². The molecule has 0 radical (unpaired) electrons. The summed E-state index contributed by atoms with van der Waals surface area (Å²) in [6, 6.07) is 16.5. The van der Waals surface area contributed by atoms with E-state index in [0.717, 1.165) is 48.3 Å². The van der Waals surface area contributed by atoms with Gasteiger partial charge in [-0.1, -0.05) is 46.3 Å². The molecule has 166 valence electrons. The van der Waals surface area contributed by atoms with E-state index in [0.29, 0.717) is 13.2 Å². The van der Waals surface area contributed by atoms with Crippen LogP contribution in [-0.4, -0.2) is 46.7 Å². The van der Waals surface area contributed by atoms with E-state index in [1.54, 1.807) is 0 Å². The zero-order valence-corrected chi connectivity index (χ0v) is 20.2. The minimum absolute atomic E-state index is 0.0563. The third-order valence-electron chi connectivity index (χ3n) is 5.76. The van der Waals surface area contributed by atoms with Gasteiger partial charge in [-0.3, -0.25) is 9.80 Å². The highest BCUT2D eigenvalue weighted by Gasteiger charge is 2.54. The molecule has 1 spiro atoms. The normalized spacial score (nSPS) is 18.1. The quantitative estimate of drug-likeness (QED) is 0.550. The summed E-state index contributed by atoms with van der Waals surface area (Å²) in [6.07, 6.45) is 1.92. The molecule has 2 aromatic carbocycles. The molecule has 0 atom stereocenters. The molecule has 1 aliphatic heterocycles. The Hall–Kier alpha value is -2.05. The van der Waals surface area contributed by atoms with Crippen LogP contribution in [0.15, 0.2) is 53.0 Å². The molecule has 0 aromatic heterocycles. The minimum atomic E-state index is -0.462. The second-order valence-corrected chi connectivity index (χ2v) is 10.6. The number of carbonyl (C=O) groups is 1. The fourth-order valence-electron chi connectivity index (χ4n) is 4.16. The Morgan fingerprint density at radius 1 is 1.06 bits per heavy atom. The van der Waals surface area contributed by atoms with Gasteiger partial charge in [-0.25, -0.2) is 4.79 Å². The van der Waals surface area contributed by atoms with E-state index in [-0.39, 0.29) is 11.6 Å². The summed E-state index contributed by atoms with van der Waals surface area (Å²) in [5, 5.41) is 0. The predicted octanol–water partition coefficient (Wildman–Crippen LogP) is 5.61. The van der Waals surface area contributed by atoms with Crippen LogP contribution in [0.2, 0.25) is 0 Å². The van der Waals surface area contributed by atoms with Gasteiger partial charge in [0.2, 0.25) is 0 Å². The van der Waals surface area contributed by atoms with Crippen molar-refractivity contribution in [1.82, 2.24) is 9.80 Å². The summed E-state index contributed by atoms with van der Waals surface area (Å²) in [6.45, 7) is 9.59. The summed E-state index contributed by atoms with van der Waals surface area (Å²) in [4.78, 5) is 17.1. The lowest BCUT2D eigenvalue weighted by Crippen LogP contribution is -2.57. The van der Waals surface area contributed by atoms with E-state index in [1.165, 1.54) is 5.56 Å². The van der Waals surface area contributed by atoms with Gasteiger partial charge < -0.3 is 9.47 Å². The lowest BCUT2D eigenvalue weighted by molar-refractivity contribution is -0.00808. The van der Waals surface area contributed by atoms with Gasteiger partial charge in [0.1, 0.15) is 18.0 Å². The molecule has 0 unspecified atom stereocenters. The third-order valence-corrected chi connectivity index (χ3v) is 6.21. The van der Waals surface area contributed by atoms with Gasteiger partial charge in [-0.15, -0.1) is 0 Å². The third kappa shape index (κ3) is 5.80. The van der Waals surface area contributed by atoms with Crippen LogP contribution in [0.5, 0.6) is 5.75 Å². The van der Waals surface area contributed by atoms with Crippen LogP contribution >= 0.6 is 15.9 Å². The fraction of sp³-hybridized carbons (Fsp3) is 0.480. The number of hydrogen-bond acceptors (Lipinski definition) is 4. The molecule has 1 aliphatic carbocycles. The van der Waals surface area contributed by atoms with Crippen LogP contribution < -0.4 is 4.74 Å². The van der Waals surface area contributed by atoms with Gasteiger partial charge in [-0.05, 0) is 62.9 Å². The Balaban J connectivity index is 1.38. The van der Waals surface area contributed by atoms with Gasteiger partial charge in [0.25, 0.3) is 0 Å². The Kier molecular flexibility index (Phi) is 6.31. The summed E-state index contributed by atoms with van der Waals surface area (Å²) in [5.74, 6) is 0.863. The van der Waals surface area contributed by atoms with E-state index in [2.05, 4.69) is 45.1 Å². The number of halogens is 1. The maximum absolute atomic E-state index is 12.7. The van der Waals surface area contributed by atoms with Gasteiger partial charge in [-0.2, -0.15) is 0 Å². The average Bonchev–Trinajstić information content (AvgIpc) is 3.44. The van der Waals surface area contributed by atoms with Crippen LogP contribution in [0.1, 0.15) is 44.7 Å². The lowest BCUT2D eigenvalue weighted by Gasteiger charge is -2.42. The highest BCUT2D eigenvalue weighted by molar-refractivity contribution is 9.10. The summed E-state index contributed by atoms with van der Waals surface area (Å²) in [7, 11) is 0. The monoisotopic (exact) mass is 486 g/mol. The van der Waals surface area contributed by atoms with E-state index < -0.39 is 5.60 Å². The number of carbonyl (C=O) groups excluding carboxylic acids is 1. The number of hydrogen-bond donors (Lipinski definition) is 0. The maximum atomic E-state index is 12.7. The number of nitrogens with zero attached hydrogens (tertiary/aromatic N) is 2. The fourth-order valence-corrected chi connectivity index (χ4v) is 4.68. The van der Waals surface area contributed by atoms with E-state index in [4.69, 9.17) is 9.47 Å². The van der Waals surface area contributed by atoms with Crippen molar-refractivity contribution in [1.29, 1.82) is 0 Å². The van der Waals surface area contributed by atoms with Crippen LogP contribution in [-0.2, 0) is 17.9 Å². The maximum Gasteiger partial charge on any atom is 0.410 e. The summed E-state index contributed by atoms with van der Waals surface area (Å²) >= 11 is 3.63. The summed E-state index contributed by atoms with van der Waals surface area (Å²) in [5.41, 5.74) is 1.84. The molecule has 1 saturated heterocycles. The van der Waals surface area contributed by atoms with Crippen molar-refractivity contribution in [2.24, 2.45) is 0 Å². The number of rotatable bonds is 5. The zero-order valence-electron chi connectivity index (χ0n) is 18.6. The van der Waals surface area contributed by atoms with Gasteiger partial charge in [0.05, 0.1) is 5.54 Å². The van der Waals surface area contributed by atoms with Crippen molar-refractivity contribution in [3.05, 3.63) is 64.1 Å². The predicted molar refractivity (Wildman–Crippen MR) is 125 cm³/mol. The van der Waals surface area contributed by atoms with Crippen molar-refractivity contribution in [3.8, 4) is 5.75 Å². The number of amides is 1. The van der Waals surface area contributed by atoms with Gasteiger partial charge in [0.15, 0.2) is 0 Å². The molecule has 0 bridgehead atoms. The van der Waals surface area contributed by atoms with Gasteiger partial charge >= 0.3 is 6.09 Å². The van der Waals surface area contributed by atoms with E-state index in [1.807, 2.05) is 49.9 Å². The van der Waals surface area contributed by atoms with Gasteiger partial charge in [0, 0.05) is 30.7 Å². The molecule has 6 heteroatoms. The Labute approximate surface area is 193 Å². The molecule has 1 amide bonds. The topological polar surface area (TPSA) is 42.0 Å².